The second-order valence-electron chi connectivity index (χ2n) is 5.69. The highest BCUT2D eigenvalue weighted by atomic mass is 32.1. The van der Waals surface area contributed by atoms with Gasteiger partial charge in [0.1, 0.15) is 10.7 Å². The SMILES string of the molecule is CC1CN(CCCOc2ccccc2C(N)=S)CCN1C. The van der Waals surface area contributed by atoms with Crippen molar-refractivity contribution < 1.29 is 4.74 Å². The molecule has 0 bridgehead atoms. The molecule has 0 aliphatic carbocycles. The van der Waals surface area contributed by atoms with E-state index in [1.54, 1.807) is 0 Å². The normalized spacial score (nSPS) is 20.4. The lowest BCUT2D eigenvalue weighted by molar-refractivity contribution is 0.100. The molecule has 116 valence electrons. The molecule has 21 heavy (non-hydrogen) atoms. The summed E-state index contributed by atoms with van der Waals surface area (Å²) in [5.41, 5.74) is 6.52. The molecule has 0 spiro atoms. The quantitative estimate of drug-likeness (QED) is 0.640. The van der Waals surface area contributed by atoms with Crippen LogP contribution in [-0.4, -0.2) is 60.7 Å². The molecule has 1 aliphatic rings. The number of thiocarbonyl (C=S) groups is 1. The van der Waals surface area contributed by atoms with Gasteiger partial charge in [0.25, 0.3) is 0 Å². The molecule has 1 aromatic rings. The molecule has 1 aromatic carbocycles. The van der Waals surface area contributed by atoms with E-state index in [0.717, 1.165) is 43.9 Å². The highest BCUT2D eigenvalue weighted by molar-refractivity contribution is 7.80. The maximum Gasteiger partial charge on any atom is 0.129 e. The molecule has 5 heteroatoms. The van der Waals surface area contributed by atoms with Gasteiger partial charge in [-0.3, -0.25) is 0 Å². The summed E-state index contributed by atoms with van der Waals surface area (Å²) in [5, 5.41) is 0. The lowest BCUT2D eigenvalue weighted by atomic mass is 10.2. The molecule has 1 unspecified atom stereocenters. The van der Waals surface area contributed by atoms with Crippen LogP contribution < -0.4 is 10.5 Å². The molecule has 1 atom stereocenters. The molecular formula is C16H25N3OS. The van der Waals surface area contributed by atoms with Crippen LogP contribution in [0.15, 0.2) is 24.3 Å². The Morgan fingerprint density at radius 3 is 2.86 bits per heavy atom. The summed E-state index contributed by atoms with van der Waals surface area (Å²) in [6.07, 6.45) is 1.02. The summed E-state index contributed by atoms with van der Waals surface area (Å²) in [6.45, 7) is 7.48. The van der Waals surface area contributed by atoms with Gasteiger partial charge in [0, 0.05) is 32.2 Å². The van der Waals surface area contributed by atoms with Crippen LogP contribution in [0, 0.1) is 0 Å². The standard InChI is InChI=1S/C16H25N3OS/c1-13-12-19(10-9-18(13)2)8-5-11-20-15-7-4-3-6-14(15)16(17)21/h3-4,6-7,13H,5,8-12H2,1-2H3,(H2,17,21). The molecule has 1 aliphatic heterocycles. The molecule has 2 rings (SSSR count). The summed E-state index contributed by atoms with van der Waals surface area (Å²) in [6, 6.07) is 8.33. The number of benzene rings is 1. The summed E-state index contributed by atoms with van der Waals surface area (Å²) in [7, 11) is 2.19. The van der Waals surface area contributed by atoms with E-state index in [-0.39, 0.29) is 0 Å². The van der Waals surface area contributed by atoms with Crippen LogP contribution in [0.2, 0.25) is 0 Å². The van der Waals surface area contributed by atoms with E-state index >= 15 is 0 Å². The molecule has 0 aromatic heterocycles. The maximum absolute atomic E-state index is 5.83. The largest absolute Gasteiger partial charge is 0.493 e. The van der Waals surface area contributed by atoms with Crippen LogP contribution in [0.3, 0.4) is 0 Å². The number of rotatable bonds is 6. The molecular weight excluding hydrogens is 282 g/mol. The molecule has 2 N–H and O–H groups in total. The Bertz CT molecular complexity index is 480. The summed E-state index contributed by atoms with van der Waals surface area (Å²) < 4.78 is 5.83. The average Bonchev–Trinajstić information content (AvgIpc) is 2.47. The van der Waals surface area contributed by atoms with E-state index < -0.39 is 0 Å². The Labute approximate surface area is 132 Å². The topological polar surface area (TPSA) is 41.7 Å². The fraction of sp³-hybridized carbons (Fsp3) is 0.562. The number of hydrogen-bond donors (Lipinski definition) is 1. The van der Waals surface area contributed by atoms with Crippen molar-refractivity contribution in [1.82, 2.24) is 9.80 Å². The van der Waals surface area contributed by atoms with Crippen molar-refractivity contribution in [3.05, 3.63) is 29.8 Å². The van der Waals surface area contributed by atoms with Gasteiger partial charge in [-0.1, -0.05) is 24.4 Å². The van der Waals surface area contributed by atoms with Gasteiger partial charge < -0.3 is 20.3 Å². The number of hydrogen-bond acceptors (Lipinski definition) is 4. The third kappa shape index (κ3) is 4.66. The smallest absolute Gasteiger partial charge is 0.129 e. The molecule has 0 saturated carbocycles. The van der Waals surface area contributed by atoms with Crippen molar-refractivity contribution in [2.45, 2.75) is 19.4 Å². The molecule has 1 heterocycles. The second-order valence-corrected chi connectivity index (χ2v) is 6.13. The second kappa shape index (κ2) is 7.73. The first-order valence-electron chi connectivity index (χ1n) is 7.52. The van der Waals surface area contributed by atoms with E-state index in [4.69, 9.17) is 22.7 Å². The summed E-state index contributed by atoms with van der Waals surface area (Å²) in [5.74, 6) is 0.789. The Balaban J connectivity index is 1.74. The lowest BCUT2D eigenvalue weighted by Gasteiger charge is -2.37. The zero-order valence-corrected chi connectivity index (χ0v) is 13.7. The monoisotopic (exact) mass is 307 g/mol. The zero-order valence-electron chi connectivity index (χ0n) is 12.9. The van der Waals surface area contributed by atoms with Gasteiger partial charge >= 0.3 is 0 Å². The van der Waals surface area contributed by atoms with E-state index in [0.29, 0.717) is 17.6 Å². The highest BCUT2D eigenvalue weighted by Crippen LogP contribution is 2.18. The molecule has 0 amide bonds. The lowest BCUT2D eigenvalue weighted by Crippen LogP contribution is -2.50. The van der Waals surface area contributed by atoms with Crippen molar-refractivity contribution >= 4 is 17.2 Å². The first kappa shape index (κ1) is 16.2. The van der Waals surface area contributed by atoms with Crippen molar-refractivity contribution in [2.75, 3.05) is 39.8 Å². The van der Waals surface area contributed by atoms with E-state index in [1.807, 2.05) is 24.3 Å². The number of ether oxygens (including phenoxy) is 1. The van der Waals surface area contributed by atoms with Crippen LogP contribution in [0.5, 0.6) is 5.75 Å². The van der Waals surface area contributed by atoms with E-state index in [9.17, 15) is 0 Å². The molecule has 0 radical (unpaired) electrons. The zero-order chi connectivity index (χ0) is 15.2. The number of nitrogens with two attached hydrogens (primary N) is 1. The summed E-state index contributed by atoms with van der Waals surface area (Å²) in [4.78, 5) is 5.30. The highest BCUT2D eigenvalue weighted by Gasteiger charge is 2.19. The molecule has 1 saturated heterocycles. The Hall–Kier alpha value is -1.17. The van der Waals surface area contributed by atoms with Crippen LogP contribution in [0.25, 0.3) is 0 Å². The van der Waals surface area contributed by atoms with Gasteiger partial charge in [0.15, 0.2) is 0 Å². The minimum atomic E-state index is 0.387. The van der Waals surface area contributed by atoms with Crippen molar-refractivity contribution in [3.63, 3.8) is 0 Å². The van der Waals surface area contributed by atoms with Gasteiger partial charge in [0.05, 0.1) is 12.2 Å². The average molecular weight is 307 g/mol. The first-order valence-corrected chi connectivity index (χ1v) is 7.93. The van der Waals surface area contributed by atoms with E-state index in [2.05, 4.69) is 23.8 Å². The van der Waals surface area contributed by atoms with Gasteiger partial charge in [-0.15, -0.1) is 0 Å². The van der Waals surface area contributed by atoms with Crippen LogP contribution in [0.1, 0.15) is 18.9 Å². The number of piperazine rings is 1. The van der Waals surface area contributed by atoms with Crippen molar-refractivity contribution in [1.29, 1.82) is 0 Å². The van der Waals surface area contributed by atoms with E-state index in [1.165, 1.54) is 0 Å². The predicted molar refractivity (Wildman–Crippen MR) is 91.0 cm³/mol. The van der Waals surface area contributed by atoms with Crippen LogP contribution >= 0.6 is 12.2 Å². The third-order valence-corrected chi connectivity index (χ3v) is 4.29. The fourth-order valence-electron chi connectivity index (χ4n) is 2.59. The Morgan fingerprint density at radius 1 is 1.38 bits per heavy atom. The van der Waals surface area contributed by atoms with Crippen molar-refractivity contribution in [3.8, 4) is 5.75 Å². The Morgan fingerprint density at radius 2 is 2.14 bits per heavy atom. The third-order valence-electron chi connectivity index (χ3n) is 4.07. The summed E-state index contributed by atoms with van der Waals surface area (Å²) >= 11 is 5.04. The Kier molecular flexibility index (Phi) is 5.96. The maximum atomic E-state index is 5.83. The fourth-order valence-corrected chi connectivity index (χ4v) is 2.76. The van der Waals surface area contributed by atoms with Crippen LogP contribution in [-0.2, 0) is 0 Å². The number of nitrogens with zero attached hydrogens (tertiary/aromatic N) is 2. The molecule has 4 nitrogen and oxygen atoms in total. The van der Waals surface area contributed by atoms with Gasteiger partial charge in [-0.05, 0) is 32.5 Å². The first-order chi connectivity index (χ1) is 10.1. The molecule has 1 fully saturated rings. The minimum absolute atomic E-state index is 0.387. The van der Waals surface area contributed by atoms with Gasteiger partial charge in [-0.25, -0.2) is 0 Å². The van der Waals surface area contributed by atoms with Gasteiger partial charge in [-0.2, -0.15) is 0 Å². The minimum Gasteiger partial charge on any atom is -0.493 e. The van der Waals surface area contributed by atoms with Crippen LogP contribution in [0.4, 0.5) is 0 Å². The number of likely N-dealkylation sites (N-methyl/N-ethyl adjacent to an activating group) is 1. The van der Waals surface area contributed by atoms with Gasteiger partial charge in [0.2, 0.25) is 0 Å². The van der Waals surface area contributed by atoms with Crippen molar-refractivity contribution in [2.24, 2.45) is 5.73 Å². The number of para-hydroxylation sites is 1. The predicted octanol–water partition coefficient (Wildman–Crippen LogP) is 1.73.